The molecule has 0 saturated heterocycles. The van der Waals surface area contributed by atoms with E-state index in [1.807, 2.05) is 0 Å². The molecule has 0 radical (unpaired) electrons. The fourth-order valence-corrected chi connectivity index (χ4v) is 3.18. The second-order valence-corrected chi connectivity index (χ2v) is 4.83. The van der Waals surface area contributed by atoms with Crippen molar-refractivity contribution >= 4 is 0 Å². The van der Waals surface area contributed by atoms with Gasteiger partial charge in [-0.3, -0.25) is 0 Å². The zero-order valence-corrected chi connectivity index (χ0v) is 8.45. The fraction of sp³-hybridized carbons (Fsp3) is 0.750. The maximum Gasteiger partial charge on any atom is 0.0966 e. The first kappa shape index (κ1) is 8.35. The zero-order chi connectivity index (χ0) is 9.54. The second-order valence-electron chi connectivity index (χ2n) is 4.83. The van der Waals surface area contributed by atoms with Crippen LogP contribution in [-0.4, -0.2) is 17.0 Å². The summed E-state index contributed by atoms with van der Waals surface area (Å²) >= 11 is 0. The second kappa shape index (κ2) is 3.02. The van der Waals surface area contributed by atoms with E-state index in [2.05, 4.69) is 17.2 Å². The highest BCUT2D eigenvalue weighted by atomic mass is 15.2. The molecule has 0 aromatic carbocycles. The highest BCUT2D eigenvalue weighted by molar-refractivity contribution is 5.31. The molecule has 0 N–H and O–H groups in total. The summed E-state index contributed by atoms with van der Waals surface area (Å²) in [5, 5.41) is 9.06. The third kappa shape index (κ3) is 1.02. The van der Waals surface area contributed by atoms with Gasteiger partial charge in [-0.25, -0.2) is 0 Å². The number of fused-ring (bicyclic) bond motifs is 1. The van der Waals surface area contributed by atoms with Crippen LogP contribution in [0.2, 0.25) is 0 Å². The summed E-state index contributed by atoms with van der Waals surface area (Å²) in [5.41, 5.74) is 1.06. The molecule has 1 aliphatic heterocycles. The van der Waals surface area contributed by atoms with Crippen molar-refractivity contribution in [3.05, 3.63) is 11.8 Å². The van der Waals surface area contributed by atoms with Crippen LogP contribution in [0.15, 0.2) is 11.8 Å². The lowest BCUT2D eigenvalue weighted by Crippen LogP contribution is -2.41. The maximum absolute atomic E-state index is 9.06. The van der Waals surface area contributed by atoms with Crippen LogP contribution in [0, 0.1) is 17.2 Å². The molecule has 14 heavy (non-hydrogen) atoms. The van der Waals surface area contributed by atoms with Crippen molar-refractivity contribution in [3.8, 4) is 6.07 Å². The van der Waals surface area contributed by atoms with Crippen molar-refractivity contribution in [2.75, 3.05) is 0 Å². The summed E-state index contributed by atoms with van der Waals surface area (Å²) in [5.74, 6) is 0.584. The van der Waals surface area contributed by atoms with Gasteiger partial charge in [-0.15, -0.1) is 0 Å². The molecule has 0 spiro atoms. The minimum Gasteiger partial charge on any atom is -0.370 e. The van der Waals surface area contributed by atoms with Gasteiger partial charge in [0.1, 0.15) is 0 Å². The first-order valence-corrected chi connectivity index (χ1v) is 5.79. The molecule has 0 aromatic rings. The highest BCUT2D eigenvalue weighted by Gasteiger charge is 2.42. The molecular weight excluding hydrogens is 172 g/mol. The maximum atomic E-state index is 9.06. The molecule has 2 heteroatoms. The zero-order valence-electron chi connectivity index (χ0n) is 8.45. The topological polar surface area (TPSA) is 27.0 Å². The van der Waals surface area contributed by atoms with Crippen molar-refractivity contribution in [2.45, 2.75) is 50.6 Å². The van der Waals surface area contributed by atoms with Gasteiger partial charge in [0, 0.05) is 24.2 Å². The first-order valence-electron chi connectivity index (χ1n) is 5.79. The summed E-state index contributed by atoms with van der Waals surface area (Å²) < 4.78 is 0. The summed E-state index contributed by atoms with van der Waals surface area (Å²) in [4.78, 5) is 2.51. The Labute approximate surface area is 85.2 Å². The Bertz CT molecular complexity index is 309. The molecule has 0 bridgehead atoms. The van der Waals surface area contributed by atoms with Crippen molar-refractivity contribution in [2.24, 2.45) is 5.92 Å². The number of hydrogen-bond donors (Lipinski definition) is 0. The van der Waals surface area contributed by atoms with E-state index in [4.69, 9.17) is 5.26 Å². The van der Waals surface area contributed by atoms with Crippen LogP contribution in [0.25, 0.3) is 0 Å². The molecule has 2 fully saturated rings. The average molecular weight is 188 g/mol. The monoisotopic (exact) mass is 188 g/mol. The fourth-order valence-electron chi connectivity index (χ4n) is 3.18. The Kier molecular flexibility index (Phi) is 1.80. The van der Waals surface area contributed by atoms with Gasteiger partial charge in [0.15, 0.2) is 0 Å². The normalized spacial score (nSPS) is 36.2. The molecule has 2 nitrogen and oxygen atoms in total. The van der Waals surface area contributed by atoms with E-state index in [1.54, 1.807) is 0 Å². The number of nitrogens with zero attached hydrogens (tertiary/aromatic N) is 2. The smallest absolute Gasteiger partial charge is 0.0966 e. The average Bonchev–Trinajstić information content (AvgIpc) is 2.64. The number of hydrogen-bond acceptors (Lipinski definition) is 2. The lowest BCUT2D eigenvalue weighted by atomic mass is 9.90. The molecule has 3 rings (SSSR count). The molecule has 2 aliphatic carbocycles. The summed E-state index contributed by atoms with van der Waals surface area (Å²) in [6.07, 6.45) is 10.1. The van der Waals surface area contributed by atoms with E-state index >= 15 is 0 Å². The van der Waals surface area contributed by atoms with Gasteiger partial charge in [0.25, 0.3) is 0 Å². The molecule has 0 aromatic heterocycles. The molecule has 1 heterocycles. The summed E-state index contributed by atoms with van der Waals surface area (Å²) in [7, 11) is 0. The van der Waals surface area contributed by atoms with Gasteiger partial charge in [-0.1, -0.05) is 6.42 Å². The van der Waals surface area contributed by atoms with Crippen molar-refractivity contribution in [3.63, 3.8) is 0 Å². The quantitative estimate of drug-likeness (QED) is 0.632. The van der Waals surface area contributed by atoms with Crippen molar-refractivity contribution in [1.29, 1.82) is 5.26 Å². The molecule has 2 atom stereocenters. The van der Waals surface area contributed by atoms with Crippen LogP contribution in [0.5, 0.6) is 0 Å². The predicted octanol–water partition coefficient (Wildman–Crippen LogP) is 2.43. The van der Waals surface area contributed by atoms with E-state index in [0.717, 1.165) is 11.6 Å². The summed E-state index contributed by atoms with van der Waals surface area (Å²) in [6.45, 7) is 0. The van der Waals surface area contributed by atoms with E-state index in [9.17, 15) is 0 Å². The van der Waals surface area contributed by atoms with E-state index in [-0.39, 0.29) is 0 Å². The van der Waals surface area contributed by atoms with E-state index in [1.165, 1.54) is 38.5 Å². The van der Waals surface area contributed by atoms with Gasteiger partial charge >= 0.3 is 0 Å². The van der Waals surface area contributed by atoms with Crippen LogP contribution in [0.1, 0.15) is 38.5 Å². The van der Waals surface area contributed by atoms with E-state index < -0.39 is 0 Å². The van der Waals surface area contributed by atoms with Crippen molar-refractivity contribution in [1.82, 2.24) is 4.90 Å². The van der Waals surface area contributed by atoms with Crippen molar-refractivity contribution < 1.29 is 0 Å². The van der Waals surface area contributed by atoms with Gasteiger partial charge in [0.2, 0.25) is 0 Å². The molecule has 3 aliphatic rings. The van der Waals surface area contributed by atoms with E-state index in [0.29, 0.717) is 12.0 Å². The predicted molar refractivity (Wildman–Crippen MR) is 54.3 cm³/mol. The molecular formula is C12H16N2. The Morgan fingerprint density at radius 2 is 2.00 bits per heavy atom. The minimum absolute atomic E-state index is 0.584. The Balaban J connectivity index is 1.85. The Hall–Kier alpha value is -0.970. The van der Waals surface area contributed by atoms with Crippen LogP contribution in [0.3, 0.4) is 0 Å². The first-order chi connectivity index (χ1) is 6.90. The summed E-state index contributed by atoms with van der Waals surface area (Å²) in [6, 6.07) is 3.85. The largest absolute Gasteiger partial charge is 0.370 e. The van der Waals surface area contributed by atoms with Gasteiger partial charge < -0.3 is 4.90 Å². The lowest BCUT2D eigenvalue weighted by molar-refractivity contribution is 0.138. The highest BCUT2D eigenvalue weighted by Crippen LogP contribution is 2.43. The van der Waals surface area contributed by atoms with Crippen LogP contribution < -0.4 is 0 Å². The van der Waals surface area contributed by atoms with Gasteiger partial charge in [-0.05, 0) is 32.1 Å². The standard InChI is InChI=1S/C12H16N2/c13-7-9-8-14(10-3-1-4-10)12-6-2-5-11(9)12/h8,10-12H,1-6H2/t11-,12?/m0/s1. The van der Waals surface area contributed by atoms with Crippen LogP contribution >= 0.6 is 0 Å². The molecule has 74 valence electrons. The minimum atomic E-state index is 0.584. The Morgan fingerprint density at radius 3 is 2.64 bits per heavy atom. The number of nitriles is 1. The molecule has 0 amide bonds. The van der Waals surface area contributed by atoms with Crippen LogP contribution in [-0.2, 0) is 0 Å². The number of rotatable bonds is 1. The van der Waals surface area contributed by atoms with Gasteiger partial charge in [-0.2, -0.15) is 5.26 Å². The van der Waals surface area contributed by atoms with Crippen LogP contribution in [0.4, 0.5) is 0 Å². The Morgan fingerprint density at radius 1 is 1.21 bits per heavy atom. The lowest BCUT2D eigenvalue weighted by Gasteiger charge is -2.39. The van der Waals surface area contributed by atoms with Gasteiger partial charge in [0.05, 0.1) is 11.6 Å². The third-order valence-electron chi connectivity index (χ3n) is 4.18. The molecule has 1 unspecified atom stereocenters. The SMILES string of the molecule is N#CC1=CN(C2CCC2)C2CCC[C@@H]12. The third-order valence-corrected chi connectivity index (χ3v) is 4.18. The molecule has 2 saturated carbocycles.